The van der Waals surface area contributed by atoms with Crippen molar-refractivity contribution in [1.82, 2.24) is 14.7 Å². The molecule has 3 saturated heterocycles. The van der Waals surface area contributed by atoms with Gasteiger partial charge in [0.1, 0.15) is 6.61 Å². The van der Waals surface area contributed by atoms with Gasteiger partial charge >= 0.3 is 6.09 Å². The van der Waals surface area contributed by atoms with Crippen molar-refractivity contribution in [3.05, 3.63) is 0 Å². The zero-order chi connectivity index (χ0) is 15.2. The topological polar surface area (TPSA) is 52.9 Å². The van der Waals surface area contributed by atoms with Gasteiger partial charge in [-0.2, -0.15) is 0 Å². The number of ether oxygens (including phenoxy) is 1. The smallest absolute Gasteiger partial charge is 0.409 e. The number of likely N-dealkylation sites (N-methyl/N-ethyl adjacent to an activating group) is 2. The number of carbonyl (C=O) groups is 1. The summed E-state index contributed by atoms with van der Waals surface area (Å²) in [5, 5.41) is 0. The van der Waals surface area contributed by atoms with Crippen LogP contribution < -0.4 is 0 Å². The van der Waals surface area contributed by atoms with Crippen LogP contribution in [0.4, 0.5) is 4.79 Å². The maximum atomic E-state index is 11.2. The monoisotopic (exact) mass is 353 g/mol. The van der Waals surface area contributed by atoms with E-state index in [0.717, 1.165) is 31.1 Å². The van der Waals surface area contributed by atoms with Crippen LogP contribution >= 0.6 is 0 Å². The molecule has 7 heteroatoms. The summed E-state index contributed by atoms with van der Waals surface area (Å²) in [4.78, 5) is 16.3. The van der Waals surface area contributed by atoms with Gasteiger partial charge in [0.25, 0.3) is 0 Å². The summed E-state index contributed by atoms with van der Waals surface area (Å²) in [5.41, 5.74) is 0. The first kappa shape index (κ1) is 27.1. The van der Waals surface area contributed by atoms with Crippen LogP contribution in [0.1, 0.15) is 22.3 Å². The molecule has 3 aliphatic heterocycles. The molecule has 3 heterocycles. The van der Waals surface area contributed by atoms with Crippen LogP contribution in [0.5, 0.6) is 0 Å². The van der Waals surface area contributed by atoms with Gasteiger partial charge in [-0.1, -0.05) is 22.3 Å². The van der Waals surface area contributed by atoms with E-state index in [2.05, 4.69) is 34.5 Å². The van der Waals surface area contributed by atoms with Crippen LogP contribution in [0.2, 0.25) is 0 Å². The molecular weight excluding hydrogens is 314 g/mol. The lowest BCUT2D eigenvalue weighted by molar-refractivity contribution is 0.163. The van der Waals surface area contributed by atoms with Crippen LogP contribution in [0, 0.1) is 0 Å². The highest BCUT2D eigenvalue weighted by atomic mass is 32.2. The molecule has 0 radical (unpaired) electrons. The Morgan fingerprint density at radius 3 is 1.48 bits per heavy atom. The first-order valence-corrected chi connectivity index (χ1v) is 8.94. The fourth-order valence-corrected chi connectivity index (χ4v) is 2.92. The largest absolute Gasteiger partial charge is 0.448 e. The van der Waals surface area contributed by atoms with Gasteiger partial charge < -0.3 is 19.4 Å². The Bertz CT molecular complexity index is 395. The summed E-state index contributed by atoms with van der Waals surface area (Å²) < 4.78 is 15.8. The fraction of sp³-hybridized carbons (Fsp3) is 0.875. The average Bonchev–Trinajstić information content (AvgIpc) is 3.08. The van der Waals surface area contributed by atoms with E-state index in [1.54, 1.807) is 11.9 Å². The molecular formula is C16H39N3O3S. The van der Waals surface area contributed by atoms with E-state index in [9.17, 15) is 9.00 Å². The Labute approximate surface area is 144 Å². The van der Waals surface area contributed by atoms with Crippen molar-refractivity contribution >= 4 is 21.5 Å². The maximum absolute atomic E-state index is 11.2. The second kappa shape index (κ2) is 12.6. The van der Waals surface area contributed by atoms with E-state index in [1.807, 2.05) is 0 Å². The van der Waals surface area contributed by atoms with Crippen LogP contribution in [0.15, 0.2) is 0 Å². The van der Waals surface area contributed by atoms with Crippen molar-refractivity contribution in [2.24, 2.45) is 0 Å². The second-order valence-electron chi connectivity index (χ2n) is 5.52. The summed E-state index contributed by atoms with van der Waals surface area (Å²) in [7, 11) is 4.22. The molecule has 0 bridgehead atoms. The normalized spacial score (nSPS) is 21.7. The lowest BCUT2D eigenvalue weighted by atomic mass is 10.6. The molecule has 23 heavy (non-hydrogen) atoms. The van der Waals surface area contributed by atoms with Crippen molar-refractivity contribution in [2.75, 3.05) is 72.0 Å². The van der Waals surface area contributed by atoms with E-state index in [0.29, 0.717) is 6.61 Å². The highest BCUT2D eigenvalue weighted by Gasteiger charge is 2.15. The van der Waals surface area contributed by atoms with Gasteiger partial charge in [0.2, 0.25) is 0 Å². The number of rotatable bonds is 0. The van der Waals surface area contributed by atoms with Gasteiger partial charge in [-0.05, 0) is 29.5 Å². The van der Waals surface area contributed by atoms with Crippen molar-refractivity contribution in [3.8, 4) is 0 Å². The predicted molar refractivity (Wildman–Crippen MR) is 104 cm³/mol. The van der Waals surface area contributed by atoms with Gasteiger partial charge in [0.05, 0.1) is 6.54 Å². The lowest BCUT2D eigenvalue weighted by Gasteiger charge is -2.24. The van der Waals surface area contributed by atoms with Gasteiger partial charge in [-0.3, -0.25) is 4.21 Å². The minimum Gasteiger partial charge on any atom is -0.448 e. The predicted octanol–water partition coefficient (Wildman–Crippen LogP) is 1.56. The van der Waals surface area contributed by atoms with Crippen molar-refractivity contribution < 1.29 is 13.7 Å². The molecule has 142 valence electrons. The first-order valence-electron chi connectivity index (χ1n) is 6.88. The second-order valence-corrected chi connectivity index (χ2v) is 8.26. The summed E-state index contributed by atoms with van der Waals surface area (Å²) in [6.45, 7) is 5.82. The van der Waals surface area contributed by atoms with E-state index in [1.165, 1.54) is 13.1 Å². The molecule has 6 nitrogen and oxygen atoms in total. The van der Waals surface area contributed by atoms with E-state index in [4.69, 9.17) is 0 Å². The van der Waals surface area contributed by atoms with Crippen LogP contribution in [0.25, 0.3) is 0 Å². The average molecular weight is 354 g/mol. The number of hydrogen-bond acceptors (Lipinski definition) is 5. The molecule has 0 aromatic heterocycles. The van der Waals surface area contributed by atoms with Gasteiger partial charge in [0, 0.05) is 44.7 Å². The SMILES string of the molecule is C.C.C.C=S1(=O)CCN(C)CC1.CN1CC1.CN1CCOC1=O. The van der Waals surface area contributed by atoms with E-state index < -0.39 is 9.52 Å². The molecule has 0 aromatic rings. The molecule has 0 atom stereocenters. The zero-order valence-electron chi connectivity index (χ0n) is 12.8. The Balaban J connectivity index is -0.000000258. The minimum atomic E-state index is -1.66. The number of nitrogens with zero attached hydrogens (tertiary/aromatic N) is 3. The Kier molecular flexibility index (Phi) is 14.8. The molecule has 3 aliphatic rings. The molecule has 0 aliphatic carbocycles. The van der Waals surface area contributed by atoms with E-state index >= 15 is 0 Å². The summed E-state index contributed by atoms with van der Waals surface area (Å²) in [6.07, 6.45) is -0.208. The Morgan fingerprint density at radius 2 is 1.30 bits per heavy atom. The third-order valence-corrected chi connectivity index (χ3v) is 5.18. The van der Waals surface area contributed by atoms with Crippen molar-refractivity contribution in [2.45, 2.75) is 22.3 Å². The minimum absolute atomic E-state index is 0. The van der Waals surface area contributed by atoms with Crippen LogP contribution in [0.3, 0.4) is 0 Å². The number of cyclic esters (lactones) is 1. The molecule has 0 unspecified atom stereocenters. The standard InChI is InChI=1S/C6H13NOS.C4H7NO2.C3H7N.3CH4/c1-7-3-5-9(2,8)6-4-7;1-5-2-3-7-4(5)6;1-4-2-3-4;;;/h2-6H2,1H3;2-3H2,1H3;2-3H2,1H3;3*1H4. The molecule has 0 N–H and O–H groups in total. The van der Waals surface area contributed by atoms with E-state index in [-0.39, 0.29) is 28.4 Å². The molecule has 1 amide bonds. The third-order valence-electron chi connectivity index (χ3n) is 3.32. The maximum Gasteiger partial charge on any atom is 0.409 e. The number of carbonyl (C=O) groups excluding carboxylic acids is 1. The van der Waals surface area contributed by atoms with Gasteiger partial charge in [-0.25, -0.2) is 4.79 Å². The molecule has 0 spiro atoms. The number of amides is 1. The number of hydrogen-bond donors (Lipinski definition) is 0. The van der Waals surface area contributed by atoms with Crippen LogP contribution in [-0.4, -0.2) is 103 Å². The van der Waals surface area contributed by atoms with Crippen molar-refractivity contribution in [1.29, 1.82) is 0 Å². The highest BCUT2D eigenvalue weighted by Crippen LogP contribution is 1.99. The lowest BCUT2D eigenvalue weighted by Crippen LogP contribution is -2.37. The van der Waals surface area contributed by atoms with Gasteiger partial charge in [-0.15, -0.1) is 0 Å². The van der Waals surface area contributed by atoms with Gasteiger partial charge in [0.15, 0.2) is 0 Å². The van der Waals surface area contributed by atoms with Crippen molar-refractivity contribution in [3.63, 3.8) is 0 Å². The Hall–Kier alpha value is -0.790. The fourth-order valence-electron chi connectivity index (χ4n) is 1.43. The highest BCUT2D eigenvalue weighted by molar-refractivity contribution is 8.00. The molecule has 0 saturated carbocycles. The molecule has 0 aromatic carbocycles. The molecule has 3 fully saturated rings. The summed E-state index contributed by atoms with van der Waals surface area (Å²) in [6, 6.07) is 0. The summed E-state index contributed by atoms with van der Waals surface area (Å²) >= 11 is 0. The van der Waals surface area contributed by atoms with Crippen LogP contribution in [-0.2, 0) is 14.3 Å². The summed E-state index contributed by atoms with van der Waals surface area (Å²) in [5.74, 6) is 5.23. The first-order chi connectivity index (χ1) is 9.30. The quantitative estimate of drug-likeness (QED) is 0.489. The zero-order valence-corrected chi connectivity index (χ0v) is 13.7. The third kappa shape index (κ3) is 13.4. The Morgan fingerprint density at radius 1 is 0.913 bits per heavy atom. The molecule has 3 rings (SSSR count).